The molecular weight excluding hydrogens is 242 g/mol. The lowest BCUT2D eigenvalue weighted by molar-refractivity contribution is -0.385. The van der Waals surface area contributed by atoms with Crippen molar-refractivity contribution in [3.63, 3.8) is 0 Å². The van der Waals surface area contributed by atoms with Crippen molar-refractivity contribution in [1.29, 1.82) is 0 Å². The number of methoxy groups -OCH3 is 1. The molecule has 2 rings (SSSR count). The Balaban J connectivity index is 2.46. The lowest BCUT2D eigenvalue weighted by Gasteiger charge is -2.15. The third kappa shape index (κ3) is 2.22. The van der Waals surface area contributed by atoms with E-state index in [2.05, 4.69) is 9.72 Å². The number of carbonyl (C=O) groups is 1. The van der Waals surface area contributed by atoms with Crippen molar-refractivity contribution in [2.45, 2.75) is 18.9 Å². The molecule has 8 heteroatoms. The molecule has 0 aromatic carbocycles. The van der Waals surface area contributed by atoms with Gasteiger partial charge in [0.2, 0.25) is 0 Å². The van der Waals surface area contributed by atoms with Crippen molar-refractivity contribution in [2.75, 3.05) is 7.11 Å². The average molecular weight is 253 g/mol. The van der Waals surface area contributed by atoms with Gasteiger partial charge in [0, 0.05) is 0 Å². The molecule has 1 saturated carbocycles. The van der Waals surface area contributed by atoms with Crippen LogP contribution in [0.2, 0.25) is 0 Å². The first-order valence-corrected chi connectivity index (χ1v) is 5.35. The fourth-order valence-electron chi connectivity index (χ4n) is 1.78. The van der Waals surface area contributed by atoms with E-state index in [0.29, 0.717) is 0 Å². The van der Waals surface area contributed by atoms with E-state index in [4.69, 9.17) is 0 Å². The highest BCUT2D eigenvalue weighted by Gasteiger charge is 2.39. The van der Waals surface area contributed by atoms with Crippen LogP contribution in [0.5, 0.6) is 0 Å². The summed E-state index contributed by atoms with van der Waals surface area (Å²) in [7, 11) is 1.22. The van der Waals surface area contributed by atoms with Crippen LogP contribution in [0.1, 0.15) is 18.9 Å². The van der Waals surface area contributed by atoms with Gasteiger partial charge in [-0.1, -0.05) is 0 Å². The quantitative estimate of drug-likeness (QED) is 0.433. The van der Waals surface area contributed by atoms with Crippen LogP contribution in [0.25, 0.3) is 0 Å². The highest BCUT2D eigenvalue weighted by atomic mass is 16.6. The monoisotopic (exact) mass is 253 g/mol. The largest absolute Gasteiger partial charge is 0.467 e. The van der Waals surface area contributed by atoms with Gasteiger partial charge in [0.25, 0.3) is 0 Å². The number of hydrogen-bond acceptors (Lipinski definition) is 6. The van der Waals surface area contributed by atoms with Gasteiger partial charge < -0.3 is 4.74 Å². The highest BCUT2D eigenvalue weighted by Crippen LogP contribution is 2.39. The fraction of sp³-hybridized carbons (Fsp3) is 0.500. The third-order valence-electron chi connectivity index (χ3n) is 2.82. The number of carbonyl (C=O) groups excluding carboxylic acids is 1. The molecular formula is C10H11N3O5. The number of rotatable bonds is 4. The van der Waals surface area contributed by atoms with E-state index in [9.17, 15) is 19.7 Å². The molecule has 0 saturated heterocycles. The maximum Gasteiger partial charge on any atom is 0.348 e. The van der Waals surface area contributed by atoms with Gasteiger partial charge in [0.05, 0.1) is 18.2 Å². The summed E-state index contributed by atoms with van der Waals surface area (Å²) >= 11 is 0. The third-order valence-corrected chi connectivity index (χ3v) is 2.82. The lowest BCUT2D eigenvalue weighted by Crippen LogP contribution is -2.33. The van der Waals surface area contributed by atoms with Gasteiger partial charge in [0.15, 0.2) is 0 Å². The van der Waals surface area contributed by atoms with Crippen LogP contribution in [0, 0.1) is 16.0 Å². The molecule has 1 unspecified atom stereocenters. The van der Waals surface area contributed by atoms with Crippen molar-refractivity contribution in [2.24, 2.45) is 5.92 Å². The summed E-state index contributed by atoms with van der Waals surface area (Å²) in [6, 6.07) is -0.824. The Bertz CT molecular complexity index is 549. The molecule has 0 spiro atoms. The van der Waals surface area contributed by atoms with Crippen molar-refractivity contribution in [1.82, 2.24) is 9.55 Å². The molecule has 1 aromatic heterocycles. The normalized spacial score (nSPS) is 16.1. The Morgan fingerprint density at radius 1 is 1.67 bits per heavy atom. The minimum atomic E-state index is -0.824. The second-order valence-corrected chi connectivity index (χ2v) is 4.06. The summed E-state index contributed by atoms with van der Waals surface area (Å²) in [6.07, 6.45) is 3.49. The zero-order valence-corrected chi connectivity index (χ0v) is 9.61. The molecule has 96 valence electrons. The number of aromatic nitrogens is 2. The average Bonchev–Trinajstić information content (AvgIpc) is 3.15. The molecule has 0 amide bonds. The number of ether oxygens (including phenoxy) is 1. The molecule has 0 radical (unpaired) electrons. The Morgan fingerprint density at radius 3 is 2.83 bits per heavy atom. The Morgan fingerprint density at radius 2 is 2.33 bits per heavy atom. The Hall–Kier alpha value is -2.25. The van der Waals surface area contributed by atoms with E-state index in [-0.39, 0.29) is 11.6 Å². The van der Waals surface area contributed by atoms with Crippen LogP contribution in [0.3, 0.4) is 0 Å². The molecule has 1 fully saturated rings. The summed E-state index contributed by atoms with van der Waals surface area (Å²) in [6.45, 7) is 0. The molecule has 8 nitrogen and oxygen atoms in total. The second-order valence-electron chi connectivity index (χ2n) is 4.06. The summed E-state index contributed by atoms with van der Waals surface area (Å²) in [5, 5.41) is 10.6. The number of nitro groups is 1. The van der Waals surface area contributed by atoms with Crippen LogP contribution in [0.15, 0.2) is 17.2 Å². The van der Waals surface area contributed by atoms with E-state index in [1.807, 2.05) is 0 Å². The van der Waals surface area contributed by atoms with Gasteiger partial charge in [-0.2, -0.15) is 4.98 Å². The van der Waals surface area contributed by atoms with Crippen LogP contribution in [0.4, 0.5) is 5.69 Å². The molecule has 0 aliphatic heterocycles. The predicted molar refractivity (Wildman–Crippen MR) is 58.9 cm³/mol. The maximum absolute atomic E-state index is 11.6. The number of nitrogens with zero attached hydrogens (tertiary/aromatic N) is 3. The van der Waals surface area contributed by atoms with Crippen LogP contribution < -0.4 is 5.69 Å². The van der Waals surface area contributed by atoms with Gasteiger partial charge in [0.1, 0.15) is 12.2 Å². The van der Waals surface area contributed by atoms with Crippen molar-refractivity contribution in [3.8, 4) is 0 Å². The van der Waals surface area contributed by atoms with Crippen LogP contribution in [-0.2, 0) is 9.53 Å². The van der Waals surface area contributed by atoms with Crippen molar-refractivity contribution >= 4 is 11.7 Å². The van der Waals surface area contributed by atoms with Crippen LogP contribution in [-0.4, -0.2) is 27.6 Å². The Kier molecular flexibility index (Phi) is 3.09. The lowest BCUT2D eigenvalue weighted by atomic mass is 10.2. The number of esters is 1. The predicted octanol–water partition coefficient (Wildman–Crippen LogP) is 0.276. The minimum absolute atomic E-state index is 0.0149. The molecule has 1 aliphatic rings. The highest BCUT2D eigenvalue weighted by molar-refractivity contribution is 5.75. The standard InChI is InChI=1S/C10H11N3O5/c1-18-9(14)8(6-2-3-6)12-5-7(13(16)17)4-11-10(12)15/h4-6,8H,2-3H2,1H3. The van der Waals surface area contributed by atoms with Crippen molar-refractivity contribution < 1.29 is 14.5 Å². The van der Waals surface area contributed by atoms with Gasteiger partial charge >= 0.3 is 17.3 Å². The summed E-state index contributed by atoms with van der Waals surface area (Å²) in [4.78, 5) is 36.6. The molecule has 1 aliphatic carbocycles. The van der Waals surface area contributed by atoms with Crippen molar-refractivity contribution in [3.05, 3.63) is 33.0 Å². The zero-order valence-electron chi connectivity index (χ0n) is 9.61. The van der Waals surface area contributed by atoms with E-state index in [0.717, 1.165) is 29.8 Å². The second kappa shape index (κ2) is 4.55. The molecule has 1 atom stereocenters. The van der Waals surface area contributed by atoms with Crippen LogP contribution >= 0.6 is 0 Å². The molecule has 18 heavy (non-hydrogen) atoms. The fourth-order valence-corrected chi connectivity index (χ4v) is 1.78. The SMILES string of the molecule is COC(=O)C(C1CC1)n1cc([N+](=O)[O-])cnc1=O. The minimum Gasteiger partial charge on any atom is -0.467 e. The first-order chi connectivity index (χ1) is 8.54. The smallest absolute Gasteiger partial charge is 0.348 e. The summed E-state index contributed by atoms with van der Waals surface area (Å²) in [5.74, 6) is -0.596. The van der Waals surface area contributed by atoms with Gasteiger partial charge in [-0.3, -0.25) is 14.7 Å². The summed E-state index contributed by atoms with van der Waals surface area (Å²) in [5.41, 5.74) is -1.02. The molecule has 0 N–H and O–H groups in total. The first-order valence-electron chi connectivity index (χ1n) is 5.35. The molecule has 0 bridgehead atoms. The van der Waals surface area contributed by atoms with E-state index >= 15 is 0 Å². The first kappa shape index (κ1) is 12.2. The van der Waals surface area contributed by atoms with E-state index < -0.39 is 22.6 Å². The molecule has 1 heterocycles. The van der Waals surface area contributed by atoms with Gasteiger partial charge in [-0.25, -0.2) is 9.59 Å². The van der Waals surface area contributed by atoms with Gasteiger partial charge in [-0.05, 0) is 18.8 Å². The summed E-state index contributed by atoms with van der Waals surface area (Å²) < 4.78 is 5.61. The zero-order chi connectivity index (χ0) is 13.3. The number of hydrogen-bond donors (Lipinski definition) is 0. The van der Waals surface area contributed by atoms with E-state index in [1.54, 1.807) is 0 Å². The topological polar surface area (TPSA) is 104 Å². The van der Waals surface area contributed by atoms with Gasteiger partial charge in [-0.15, -0.1) is 0 Å². The Labute approximate surface area is 101 Å². The van der Waals surface area contributed by atoms with E-state index in [1.165, 1.54) is 7.11 Å². The molecule has 1 aromatic rings. The maximum atomic E-state index is 11.6.